The first kappa shape index (κ1) is 16.0. The van der Waals surface area contributed by atoms with Crippen LogP contribution in [0.2, 0.25) is 0 Å². The van der Waals surface area contributed by atoms with Crippen LogP contribution in [0, 0.1) is 13.8 Å². The Morgan fingerprint density at radius 2 is 1.50 bits per heavy atom. The van der Waals surface area contributed by atoms with Gasteiger partial charge in [0.15, 0.2) is 0 Å². The van der Waals surface area contributed by atoms with Crippen molar-refractivity contribution in [3.05, 3.63) is 90.3 Å². The van der Waals surface area contributed by atoms with Crippen LogP contribution < -0.4 is 0 Å². The number of aryl methyl sites for hydroxylation is 1. The summed E-state index contributed by atoms with van der Waals surface area (Å²) < 4.78 is 3.82. The van der Waals surface area contributed by atoms with E-state index in [0.29, 0.717) is 0 Å². The van der Waals surface area contributed by atoms with Gasteiger partial charge in [0, 0.05) is 22.6 Å². The fourth-order valence-electron chi connectivity index (χ4n) is 3.13. The molecule has 0 bridgehead atoms. The molecule has 0 aliphatic rings. The molecular formula is C21H19N5. The zero-order valence-corrected chi connectivity index (χ0v) is 14.7. The molecule has 0 amide bonds. The maximum Gasteiger partial charge on any atom is 0.141 e. The molecule has 0 saturated carbocycles. The van der Waals surface area contributed by atoms with Gasteiger partial charge in [-0.05, 0) is 43.2 Å². The van der Waals surface area contributed by atoms with Gasteiger partial charge in [-0.1, -0.05) is 42.5 Å². The molecule has 5 nitrogen and oxygen atoms in total. The number of nitrogens with zero attached hydrogens (tertiary/aromatic N) is 5. The van der Waals surface area contributed by atoms with Gasteiger partial charge >= 0.3 is 0 Å². The zero-order valence-electron chi connectivity index (χ0n) is 14.7. The fraction of sp³-hybridized carbons (Fsp3) is 0.0952. The maximum absolute atomic E-state index is 4.35. The summed E-state index contributed by atoms with van der Waals surface area (Å²) in [6, 6.07) is 21.2. The molecular weight excluding hydrogens is 322 g/mol. The lowest BCUT2D eigenvalue weighted by atomic mass is 10.1. The summed E-state index contributed by atoms with van der Waals surface area (Å²) in [6.07, 6.45) is 4.97. The maximum atomic E-state index is 4.35. The van der Waals surface area contributed by atoms with Crippen LogP contribution in [0.1, 0.15) is 17.0 Å². The highest BCUT2D eigenvalue weighted by Crippen LogP contribution is 2.24. The first-order valence-corrected chi connectivity index (χ1v) is 8.46. The van der Waals surface area contributed by atoms with Crippen LogP contribution in [-0.2, 0) is 0 Å². The van der Waals surface area contributed by atoms with Crippen molar-refractivity contribution >= 4 is 6.21 Å². The minimum absolute atomic E-state index is 1.07. The van der Waals surface area contributed by atoms with Crippen LogP contribution in [0.3, 0.4) is 0 Å². The fourth-order valence-corrected chi connectivity index (χ4v) is 3.13. The predicted octanol–water partition coefficient (Wildman–Crippen LogP) is 4.23. The van der Waals surface area contributed by atoms with Crippen LogP contribution in [0.4, 0.5) is 0 Å². The highest BCUT2D eigenvalue weighted by Gasteiger charge is 2.09. The third-order valence-corrected chi connectivity index (χ3v) is 4.44. The average molecular weight is 341 g/mol. The second-order valence-electron chi connectivity index (χ2n) is 6.16. The molecule has 0 saturated heterocycles. The van der Waals surface area contributed by atoms with Crippen molar-refractivity contribution in [3.8, 4) is 16.8 Å². The third kappa shape index (κ3) is 3.07. The number of hydrogen-bond acceptors (Lipinski definition) is 3. The molecule has 0 radical (unpaired) electrons. The second-order valence-corrected chi connectivity index (χ2v) is 6.16. The molecule has 0 unspecified atom stereocenters. The Morgan fingerprint density at radius 1 is 0.846 bits per heavy atom. The lowest BCUT2D eigenvalue weighted by Gasteiger charge is -2.11. The van der Waals surface area contributed by atoms with E-state index in [1.54, 1.807) is 17.3 Å². The van der Waals surface area contributed by atoms with Gasteiger partial charge < -0.3 is 4.57 Å². The van der Waals surface area contributed by atoms with Crippen LogP contribution in [0.5, 0.6) is 0 Å². The molecule has 0 fully saturated rings. The van der Waals surface area contributed by atoms with Gasteiger partial charge in [0.05, 0.1) is 6.21 Å². The number of aromatic nitrogens is 4. The number of benzene rings is 2. The van der Waals surface area contributed by atoms with Gasteiger partial charge in [-0.3, -0.25) is 0 Å². The molecule has 0 atom stereocenters. The molecule has 0 aliphatic carbocycles. The Balaban J connectivity index is 1.66. The van der Waals surface area contributed by atoms with Crippen molar-refractivity contribution in [1.82, 2.24) is 19.4 Å². The Morgan fingerprint density at radius 3 is 2.19 bits per heavy atom. The van der Waals surface area contributed by atoms with E-state index in [1.807, 2.05) is 12.3 Å². The molecule has 4 rings (SSSR count). The van der Waals surface area contributed by atoms with E-state index >= 15 is 0 Å². The van der Waals surface area contributed by atoms with Gasteiger partial charge in [-0.25, -0.2) is 4.68 Å². The van der Waals surface area contributed by atoms with Gasteiger partial charge in [0.1, 0.15) is 12.7 Å². The Labute approximate surface area is 152 Å². The van der Waals surface area contributed by atoms with Crippen molar-refractivity contribution in [2.45, 2.75) is 13.8 Å². The summed E-state index contributed by atoms with van der Waals surface area (Å²) in [7, 11) is 0. The summed E-state index contributed by atoms with van der Waals surface area (Å²) in [5.41, 5.74) is 6.96. The van der Waals surface area contributed by atoms with Crippen molar-refractivity contribution in [2.24, 2.45) is 5.10 Å². The first-order chi connectivity index (χ1) is 12.7. The summed E-state index contributed by atoms with van der Waals surface area (Å²) in [4.78, 5) is 0. The third-order valence-electron chi connectivity index (χ3n) is 4.44. The van der Waals surface area contributed by atoms with Gasteiger partial charge in [-0.2, -0.15) is 5.10 Å². The smallest absolute Gasteiger partial charge is 0.141 e. The standard InChI is InChI=1S/C21H19N5/c1-16-12-20(13-24-25-14-22-23-15-25)17(2)26(16)21-10-8-19(9-11-21)18-6-4-3-5-7-18/h3-15H,1-2H3/b24-13-. The lowest BCUT2D eigenvalue weighted by Crippen LogP contribution is -1.99. The van der Waals surface area contributed by atoms with E-state index < -0.39 is 0 Å². The quantitative estimate of drug-likeness (QED) is 0.521. The van der Waals surface area contributed by atoms with E-state index in [1.165, 1.54) is 16.8 Å². The average Bonchev–Trinajstić information content (AvgIpc) is 3.29. The molecule has 5 heteroatoms. The SMILES string of the molecule is Cc1cc(/C=N\n2cnnc2)c(C)n1-c1ccc(-c2ccccc2)cc1. The van der Waals surface area contributed by atoms with Crippen molar-refractivity contribution < 1.29 is 0 Å². The molecule has 2 aromatic carbocycles. The highest BCUT2D eigenvalue weighted by atomic mass is 15.4. The predicted molar refractivity (Wildman–Crippen MR) is 104 cm³/mol. The van der Waals surface area contributed by atoms with E-state index in [2.05, 4.69) is 88.3 Å². The summed E-state index contributed by atoms with van der Waals surface area (Å²) in [6.45, 7) is 4.21. The van der Waals surface area contributed by atoms with Crippen LogP contribution in [0.25, 0.3) is 16.8 Å². The van der Waals surface area contributed by atoms with E-state index in [-0.39, 0.29) is 0 Å². The highest BCUT2D eigenvalue weighted by molar-refractivity contribution is 5.82. The minimum Gasteiger partial charge on any atom is -0.318 e. The van der Waals surface area contributed by atoms with Crippen molar-refractivity contribution in [2.75, 3.05) is 0 Å². The monoisotopic (exact) mass is 341 g/mol. The Bertz CT molecular complexity index is 1030. The molecule has 128 valence electrons. The van der Waals surface area contributed by atoms with Gasteiger partial charge in [0.25, 0.3) is 0 Å². The van der Waals surface area contributed by atoms with Crippen LogP contribution >= 0.6 is 0 Å². The molecule has 26 heavy (non-hydrogen) atoms. The number of rotatable bonds is 4. The Kier molecular flexibility index (Phi) is 4.19. The van der Waals surface area contributed by atoms with Crippen LogP contribution in [0.15, 0.2) is 78.4 Å². The van der Waals surface area contributed by atoms with Crippen molar-refractivity contribution in [3.63, 3.8) is 0 Å². The van der Waals surface area contributed by atoms with Gasteiger partial charge in [0.2, 0.25) is 0 Å². The largest absolute Gasteiger partial charge is 0.318 e. The normalized spacial score (nSPS) is 11.3. The summed E-state index contributed by atoms with van der Waals surface area (Å²) >= 11 is 0. The Hall–Kier alpha value is -3.47. The van der Waals surface area contributed by atoms with E-state index in [4.69, 9.17) is 0 Å². The van der Waals surface area contributed by atoms with Crippen molar-refractivity contribution in [1.29, 1.82) is 0 Å². The van der Waals surface area contributed by atoms with E-state index in [9.17, 15) is 0 Å². The first-order valence-electron chi connectivity index (χ1n) is 8.46. The molecule has 0 spiro atoms. The minimum atomic E-state index is 1.07. The molecule has 2 aromatic heterocycles. The molecule has 0 aliphatic heterocycles. The summed E-state index contributed by atoms with van der Waals surface area (Å²) in [5, 5.41) is 11.9. The van der Waals surface area contributed by atoms with Crippen LogP contribution in [-0.4, -0.2) is 25.7 Å². The molecule has 2 heterocycles. The molecule has 4 aromatic rings. The van der Waals surface area contributed by atoms with Gasteiger partial charge in [-0.15, -0.1) is 10.2 Å². The topological polar surface area (TPSA) is 48.0 Å². The molecule has 0 N–H and O–H groups in total. The second kappa shape index (κ2) is 6.80. The van der Waals surface area contributed by atoms with E-state index in [0.717, 1.165) is 16.9 Å². The summed E-state index contributed by atoms with van der Waals surface area (Å²) in [5.74, 6) is 0. The number of hydrogen-bond donors (Lipinski definition) is 0. The lowest BCUT2D eigenvalue weighted by molar-refractivity contribution is 0.877. The zero-order chi connectivity index (χ0) is 17.9.